The molecule has 4 nitrogen and oxygen atoms in total. The lowest BCUT2D eigenvalue weighted by Crippen LogP contribution is -1.95. The molecule has 0 radical (unpaired) electrons. The summed E-state index contributed by atoms with van der Waals surface area (Å²) in [6.45, 7) is 3.74. The average Bonchev–Trinajstić information content (AvgIpc) is 2.61. The van der Waals surface area contributed by atoms with Gasteiger partial charge in [-0.1, -0.05) is 0 Å². The van der Waals surface area contributed by atoms with Gasteiger partial charge in [0.25, 0.3) is 5.22 Å². The smallest absolute Gasteiger partial charge is 0.335 e. The zero-order valence-electron chi connectivity index (χ0n) is 9.73. The predicted molar refractivity (Wildman–Crippen MR) is 71.2 cm³/mol. The van der Waals surface area contributed by atoms with Crippen LogP contribution in [0.15, 0.2) is 37.2 Å². The van der Waals surface area contributed by atoms with Crippen molar-refractivity contribution in [3.63, 3.8) is 0 Å². The fourth-order valence-corrected chi connectivity index (χ4v) is 2.75. The van der Waals surface area contributed by atoms with Crippen molar-refractivity contribution in [2.75, 3.05) is 0 Å². The van der Waals surface area contributed by atoms with Crippen LogP contribution < -0.4 is 0 Å². The molecule has 0 spiro atoms. The number of carboxylic acids is 1. The van der Waals surface area contributed by atoms with Gasteiger partial charge in [0.05, 0.1) is 11.3 Å². The molecule has 1 heterocycles. The first kappa shape index (κ1) is 13.2. The predicted octanol–water partition coefficient (Wildman–Crippen LogP) is 3.90. The minimum atomic E-state index is -0.949. The van der Waals surface area contributed by atoms with E-state index in [0.717, 1.165) is 16.3 Å². The summed E-state index contributed by atoms with van der Waals surface area (Å²) in [7, 11) is 0. The van der Waals surface area contributed by atoms with Gasteiger partial charge in [-0.05, 0) is 59.7 Å². The van der Waals surface area contributed by atoms with Crippen LogP contribution in [0.25, 0.3) is 0 Å². The first-order valence-electron chi connectivity index (χ1n) is 5.12. The van der Waals surface area contributed by atoms with E-state index in [1.165, 1.54) is 11.8 Å². The number of aryl methyl sites for hydroxylation is 2. The number of carboxylic acid groups (broad SMARTS) is 1. The van der Waals surface area contributed by atoms with E-state index in [0.29, 0.717) is 9.70 Å². The van der Waals surface area contributed by atoms with Crippen LogP contribution in [0.1, 0.15) is 21.8 Å². The molecule has 0 atom stereocenters. The maximum Gasteiger partial charge on any atom is 0.335 e. The molecule has 0 saturated heterocycles. The maximum atomic E-state index is 10.8. The molecular formula is C12H10BrNO3S. The molecule has 2 aromatic rings. The van der Waals surface area contributed by atoms with Gasteiger partial charge in [0.15, 0.2) is 0 Å². The number of carbonyl (C=O) groups is 1. The molecule has 0 unspecified atom stereocenters. The standard InChI is InChI=1S/C12H10BrNO3S/c1-6-7(2)17-12(14-6)18-10-4-3-8(11(15)16)5-9(10)13/h3-5H,1-2H3,(H,15,16). The van der Waals surface area contributed by atoms with Gasteiger partial charge in [-0.25, -0.2) is 9.78 Å². The van der Waals surface area contributed by atoms with Crippen LogP contribution in [0, 0.1) is 13.8 Å². The Morgan fingerprint density at radius 3 is 2.67 bits per heavy atom. The third kappa shape index (κ3) is 2.76. The monoisotopic (exact) mass is 327 g/mol. The van der Waals surface area contributed by atoms with Crippen LogP contribution in [-0.2, 0) is 0 Å². The summed E-state index contributed by atoms with van der Waals surface area (Å²) >= 11 is 4.70. The summed E-state index contributed by atoms with van der Waals surface area (Å²) in [5, 5.41) is 9.42. The highest BCUT2D eigenvalue weighted by molar-refractivity contribution is 9.10. The highest BCUT2D eigenvalue weighted by Crippen LogP contribution is 2.34. The lowest BCUT2D eigenvalue weighted by Gasteiger charge is -2.02. The van der Waals surface area contributed by atoms with E-state index in [9.17, 15) is 4.79 Å². The second-order valence-corrected chi connectivity index (χ2v) is 5.52. The third-order valence-electron chi connectivity index (χ3n) is 2.39. The summed E-state index contributed by atoms with van der Waals surface area (Å²) < 4.78 is 6.17. The quantitative estimate of drug-likeness (QED) is 0.926. The third-order valence-corrected chi connectivity index (χ3v) is 4.23. The van der Waals surface area contributed by atoms with Crippen molar-refractivity contribution in [2.24, 2.45) is 0 Å². The van der Waals surface area contributed by atoms with Crippen LogP contribution in [0.3, 0.4) is 0 Å². The van der Waals surface area contributed by atoms with Crippen LogP contribution in [0.4, 0.5) is 0 Å². The molecule has 0 aliphatic carbocycles. The number of benzene rings is 1. The highest BCUT2D eigenvalue weighted by Gasteiger charge is 2.11. The fraction of sp³-hybridized carbons (Fsp3) is 0.167. The molecule has 0 bridgehead atoms. The Morgan fingerprint density at radius 2 is 2.17 bits per heavy atom. The van der Waals surface area contributed by atoms with Gasteiger partial charge in [0, 0.05) is 9.37 Å². The van der Waals surface area contributed by atoms with Crippen molar-refractivity contribution < 1.29 is 14.3 Å². The molecule has 18 heavy (non-hydrogen) atoms. The molecule has 2 rings (SSSR count). The summed E-state index contributed by atoms with van der Waals surface area (Å²) in [6.07, 6.45) is 0. The molecule has 0 fully saturated rings. The van der Waals surface area contributed by atoms with Gasteiger partial charge < -0.3 is 9.52 Å². The van der Waals surface area contributed by atoms with Gasteiger partial charge in [-0.2, -0.15) is 0 Å². The molecule has 6 heteroatoms. The van der Waals surface area contributed by atoms with Gasteiger partial charge >= 0.3 is 5.97 Å². The lowest BCUT2D eigenvalue weighted by atomic mass is 10.2. The number of aromatic carboxylic acids is 1. The molecule has 0 saturated carbocycles. The van der Waals surface area contributed by atoms with Crippen LogP contribution >= 0.6 is 27.7 Å². The molecular weight excluding hydrogens is 318 g/mol. The van der Waals surface area contributed by atoms with Crippen molar-refractivity contribution in [1.29, 1.82) is 0 Å². The lowest BCUT2D eigenvalue weighted by molar-refractivity contribution is 0.0696. The van der Waals surface area contributed by atoms with Gasteiger partial charge in [-0.15, -0.1) is 0 Å². The van der Waals surface area contributed by atoms with E-state index >= 15 is 0 Å². The van der Waals surface area contributed by atoms with Crippen LogP contribution in [0.2, 0.25) is 0 Å². The minimum Gasteiger partial charge on any atom is -0.478 e. The first-order chi connectivity index (χ1) is 8.47. The van der Waals surface area contributed by atoms with Crippen molar-refractivity contribution in [3.05, 3.63) is 39.7 Å². The Bertz CT molecular complexity index is 590. The highest BCUT2D eigenvalue weighted by atomic mass is 79.9. The Labute approximate surface area is 117 Å². The van der Waals surface area contributed by atoms with Crippen LogP contribution in [-0.4, -0.2) is 16.1 Å². The molecule has 1 aromatic heterocycles. The maximum absolute atomic E-state index is 10.8. The molecule has 0 amide bonds. The summed E-state index contributed by atoms with van der Waals surface area (Å²) in [5.41, 5.74) is 1.10. The Morgan fingerprint density at radius 1 is 1.44 bits per heavy atom. The number of rotatable bonds is 3. The summed E-state index contributed by atoms with van der Waals surface area (Å²) in [4.78, 5) is 15.9. The number of hydrogen-bond donors (Lipinski definition) is 1. The number of nitrogens with zero attached hydrogens (tertiary/aromatic N) is 1. The van der Waals surface area contributed by atoms with E-state index in [1.807, 2.05) is 13.8 Å². The van der Waals surface area contributed by atoms with Gasteiger partial charge in [-0.3, -0.25) is 0 Å². The van der Waals surface area contributed by atoms with Gasteiger partial charge in [0.1, 0.15) is 5.76 Å². The van der Waals surface area contributed by atoms with E-state index in [-0.39, 0.29) is 5.56 Å². The minimum absolute atomic E-state index is 0.242. The van der Waals surface area contributed by atoms with Gasteiger partial charge in [0.2, 0.25) is 0 Å². The number of aromatic nitrogens is 1. The first-order valence-corrected chi connectivity index (χ1v) is 6.73. The van der Waals surface area contributed by atoms with E-state index in [2.05, 4.69) is 20.9 Å². The van der Waals surface area contributed by atoms with Crippen molar-refractivity contribution in [1.82, 2.24) is 4.98 Å². The van der Waals surface area contributed by atoms with E-state index in [4.69, 9.17) is 9.52 Å². The average molecular weight is 328 g/mol. The van der Waals surface area contributed by atoms with E-state index < -0.39 is 5.97 Å². The second-order valence-electron chi connectivity index (χ2n) is 3.67. The summed E-state index contributed by atoms with van der Waals surface area (Å²) in [6, 6.07) is 4.85. The Balaban J connectivity index is 2.27. The Kier molecular flexibility index (Phi) is 3.77. The van der Waals surface area contributed by atoms with Crippen molar-refractivity contribution in [2.45, 2.75) is 24.0 Å². The van der Waals surface area contributed by atoms with E-state index in [1.54, 1.807) is 18.2 Å². The summed E-state index contributed by atoms with van der Waals surface area (Å²) in [5.74, 6) is -0.161. The molecule has 94 valence electrons. The molecule has 0 aliphatic rings. The van der Waals surface area contributed by atoms with Crippen LogP contribution in [0.5, 0.6) is 0 Å². The molecule has 1 N–H and O–H groups in total. The SMILES string of the molecule is Cc1nc(Sc2ccc(C(=O)O)cc2Br)oc1C. The molecule has 0 aliphatic heterocycles. The number of hydrogen-bond acceptors (Lipinski definition) is 4. The molecule has 1 aromatic carbocycles. The largest absolute Gasteiger partial charge is 0.478 e. The number of oxazole rings is 1. The fourth-order valence-electron chi connectivity index (χ4n) is 1.30. The second kappa shape index (κ2) is 5.16. The Hall–Kier alpha value is -1.27. The normalized spacial score (nSPS) is 10.6. The zero-order chi connectivity index (χ0) is 13.3. The zero-order valence-corrected chi connectivity index (χ0v) is 12.1. The van der Waals surface area contributed by atoms with Crippen molar-refractivity contribution in [3.8, 4) is 0 Å². The van der Waals surface area contributed by atoms with Crippen molar-refractivity contribution >= 4 is 33.7 Å². The topological polar surface area (TPSA) is 63.3 Å². The number of halogens is 1.